The second-order valence-corrected chi connectivity index (χ2v) is 10.5. The van der Waals surface area contributed by atoms with Crippen LogP contribution >= 0.6 is 0 Å². The Bertz CT molecular complexity index is 610. The molecule has 3 nitrogen and oxygen atoms in total. The SMILES string of the molecule is CC(Oc1ccc(C2(CC(C)(C)C)NCC2(C)C)cc1)OC1CCCCC1. The summed E-state index contributed by atoms with van der Waals surface area (Å²) in [5.41, 5.74) is 1.91. The molecule has 0 aromatic heterocycles. The average Bonchev–Trinajstić information content (AvgIpc) is 2.59. The molecule has 152 valence electrons. The molecule has 1 aliphatic heterocycles. The Morgan fingerprint density at radius 1 is 1.07 bits per heavy atom. The lowest BCUT2D eigenvalue weighted by Crippen LogP contribution is -2.69. The van der Waals surface area contributed by atoms with E-state index in [1.54, 1.807) is 0 Å². The highest BCUT2D eigenvalue weighted by Crippen LogP contribution is 2.52. The Kier molecular flexibility index (Phi) is 5.93. The van der Waals surface area contributed by atoms with Gasteiger partial charge in [0.1, 0.15) is 5.75 Å². The van der Waals surface area contributed by atoms with E-state index in [1.165, 1.54) is 37.7 Å². The minimum absolute atomic E-state index is 0.0357. The summed E-state index contributed by atoms with van der Waals surface area (Å²) in [6.45, 7) is 14.8. The molecule has 1 aromatic carbocycles. The van der Waals surface area contributed by atoms with E-state index < -0.39 is 0 Å². The second kappa shape index (κ2) is 7.75. The third kappa shape index (κ3) is 4.68. The number of hydrogen-bond acceptors (Lipinski definition) is 3. The molecular weight excluding hydrogens is 334 g/mol. The van der Waals surface area contributed by atoms with Crippen LogP contribution in [-0.2, 0) is 10.3 Å². The molecule has 0 radical (unpaired) electrons. The molecule has 0 bridgehead atoms. The van der Waals surface area contributed by atoms with Gasteiger partial charge in [0.25, 0.3) is 0 Å². The fourth-order valence-corrected chi connectivity index (χ4v) is 4.86. The van der Waals surface area contributed by atoms with Crippen molar-refractivity contribution in [3.05, 3.63) is 29.8 Å². The number of rotatable bonds is 6. The van der Waals surface area contributed by atoms with Crippen molar-refractivity contribution >= 4 is 0 Å². The first kappa shape index (κ1) is 20.7. The maximum absolute atomic E-state index is 6.09. The molecule has 1 N–H and O–H groups in total. The summed E-state index contributed by atoms with van der Waals surface area (Å²) in [6.07, 6.45) is 7.54. The molecule has 2 atom stereocenters. The molecule has 0 spiro atoms. The van der Waals surface area contributed by atoms with E-state index in [4.69, 9.17) is 9.47 Å². The lowest BCUT2D eigenvalue weighted by molar-refractivity contribution is -0.116. The Morgan fingerprint density at radius 2 is 1.70 bits per heavy atom. The van der Waals surface area contributed by atoms with E-state index in [9.17, 15) is 0 Å². The van der Waals surface area contributed by atoms with Gasteiger partial charge in [0, 0.05) is 6.54 Å². The highest BCUT2D eigenvalue weighted by Gasteiger charge is 2.54. The lowest BCUT2D eigenvalue weighted by Gasteiger charge is -2.60. The van der Waals surface area contributed by atoms with Gasteiger partial charge in [-0.3, -0.25) is 0 Å². The van der Waals surface area contributed by atoms with Crippen LogP contribution < -0.4 is 10.1 Å². The molecular formula is C24H39NO2. The maximum Gasteiger partial charge on any atom is 0.197 e. The van der Waals surface area contributed by atoms with Crippen LogP contribution in [-0.4, -0.2) is 18.9 Å². The van der Waals surface area contributed by atoms with Gasteiger partial charge >= 0.3 is 0 Å². The van der Waals surface area contributed by atoms with Crippen molar-refractivity contribution < 1.29 is 9.47 Å². The van der Waals surface area contributed by atoms with Crippen LogP contribution in [0, 0.1) is 10.8 Å². The summed E-state index contributed by atoms with van der Waals surface area (Å²) in [5.74, 6) is 0.894. The number of ether oxygens (including phenoxy) is 2. The zero-order valence-electron chi connectivity index (χ0n) is 18.2. The summed E-state index contributed by atoms with van der Waals surface area (Å²) in [5, 5.41) is 3.77. The average molecular weight is 374 g/mol. The van der Waals surface area contributed by atoms with Gasteiger partial charge in [-0.25, -0.2) is 0 Å². The fraction of sp³-hybridized carbons (Fsp3) is 0.750. The molecule has 1 saturated heterocycles. The summed E-state index contributed by atoms with van der Waals surface area (Å²) in [6, 6.07) is 8.69. The molecule has 2 unspecified atom stereocenters. The summed E-state index contributed by atoms with van der Waals surface area (Å²) in [7, 11) is 0. The topological polar surface area (TPSA) is 30.5 Å². The lowest BCUT2D eigenvalue weighted by atomic mass is 9.57. The van der Waals surface area contributed by atoms with Crippen molar-refractivity contribution in [3.63, 3.8) is 0 Å². The van der Waals surface area contributed by atoms with Crippen LogP contribution in [0.5, 0.6) is 5.75 Å². The van der Waals surface area contributed by atoms with Gasteiger partial charge in [0.2, 0.25) is 0 Å². The number of benzene rings is 1. The van der Waals surface area contributed by atoms with Crippen LogP contribution in [0.25, 0.3) is 0 Å². The number of nitrogens with one attached hydrogen (secondary N) is 1. The first-order chi connectivity index (χ1) is 12.6. The largest absolute Gasteiger partial charge is 0.465 e. The standard InChI is InChI=1S/C24H39NO2/c1-18(26-20-10-8-7-9-11-20)27-21-14-12-19(13-15-21)24(16-22(2,3)4)23(5,6)17-25-24/h12-15,18,20,25H,7-11,16-17H2,1-6H3. The monoisotopic (exact) mass is 373 g/mol. The zero-order valence-corrected chi connectivity index (χ0v) is 18.2. The Hall–Kier alpha value is -1.06. The maximum atomic E-state index is 6.09. The molecule has 2 aliphatic rings. The molecule has 1 saturated carbocycles. The molecule has 1 heterocycles. The molecule has 2 fully saturated rings. The molecule has 27 heavy (non-hydrogen) atoms. The summed E-state index contributed by atoms with van der Waals surface area (Å²) >= 11 is 0. The third-order valence-electron chi connectivity index (χ3n) is 6.37. The van der Waals surface area contributed by atoms with Crippen LogP contribution in [0.15, 0.2) is 24.3 Å². The Balaban J connectivity index is 1.66. The van der Waals surface area contributed by atoms with Gasteiger partial charge in [-0.15, -0.1) is 0 Å². The van der Waals surface area contributed by atoms with Gasteiger partial charge < -0.3 is 14.8 Å². The van der Waals surface area contributed by atoms with E-state index in [0.29, 0.717) is 6.10 Å². The van der Waals surface area contributed by atoms with Crippen molar-refractivity contribution in [1.29, 1.82) is 0 Å². The third-order valence-corrected chi connectivity index (χ3v) is 6.37. The van der Waals surface area contributed by atoms with E-state index in [0.717, 1.165) is 18.7 Å². The van der Waals surface area contributed by atoms with Gasteiger partial charge in [-0.2, -0.15) is 0 Å². The first-order valence-electron chi connectivity index (χ1n) is 10.8. The van der Waals surface area contributed by atoms with E-state index in [-0.39, 0.29) is 22.7 Å². The van der Waals surface area contributed by atoms with Gasteiger partial charge in [-0.05, 0) is 54.7 Å². The second-order valence-electron chi connectivity index (χ2n) is 10.5. The smallest absolute Gasteiger partial charge is 0.197 e. The van der Waals surface area contributed by atoms with Gasteiger partial charge in [0.05, 0.1) is 11.6 Å². The van der Waals surface area contributed by atoms with Crippen LogP contribution in [0.3, 0.4) is 0 Å². The predicted octanol–water partition coefficient (Wildman–Crippen LogP) is 6.02. The first-order valence-corrected chi connectivity index (χ1v) is 10.8. The minimum Gasteiger partial charge on any atom is -0.465 e. The van der Waals surface area contributed by atoms with E-state index >= 15 is 0 Å². The van der Waals surface area contributed by atoms with Gasteiger partial charge in [0.15, 0.2) is 6.29 Å². The quantitative estimate of drug-likeness (QED) is 0.618. The van der Waals surface area contributed by atoms with Gasteiger partial charge in [-0.1, -0.05) is 66.0 Å². The number of hydrogen-bond donors (Lipinski definition) is 1. The molecule has 1 aromatic rings. The van der Waals surface area contributed by atoms with E-state index in [2.05, 4.69) is 64.2 Å². The van der Waals surface area contributed by atoms with E-state index in [1.807, 2.05) is 6.92 Å². The van der Waals surface area contributed by atoms with Crippen LogP contribution in [0.2, 0.25) is 0 Å². The van der Waals surface area contributed by atoms with Crippen LogP contribution in [0.1, 0.15) is 85.6 Å². The summed E-state index contributed by atoms with van der Waals surface area (Å²) in [4.78, 5) is 0. The molecule has 1 aliphatic carbocycles. The van der Waals surface area contributed by atoms with Crippen LogP contribution in [0.4, 0.5) is 0 Å². The predicted molar refractivity (Wildman–Crippen MR) is 112 cm³/mol. The Morgan fingerprint density at radius 3 is 2.19 bits per heavy atom. The highest BCUT2D eigenvalue weighted by molar-refractivity contribution is 5.36. The molecule has 3 rings (SSSR count). The minimum atomic E-state index is -0.194. The van der Waals surface area contributed by atoms with Crippen molar-refractivity contribution in [2.24, 2.45) is 10.8 Å². The van der Waals surface area contributed by atoms with Crippen molar-refractivity contribution in [3.8, 4) is 5.75 Å². The van der Waals surface area contributed by atoms with Crippen molar-refractivity contribution in [1.82, 2.24) is 5.32 Å². The normalized spacial score (nSPS) is 27.0. The van der Waals surface area contributed by atoms with Crippen molar-refractivity contribution in [2.75, 3.05) is 6.54 Å². The van der Waals surface area contributed by atoms with Crippen molar-refractivity contribution in [2.45, 2.75) is 98.0 Å². The molecule has 3 heteroatoms. The molecule has 0 amide bonds. The summed E-state index contributed by atoms with van der Waals surface area (Å²) < 4.78 is 12.1. The highest BCUT2D eigenvalue weighted by atomic mass is 16.7. The fourth-order valence-electron chi connectivity index (χ4n) is 4.86. The Labute approximate surface area is 166 Å². The zero-order chi connectivity index (χ0) is 19.7.